The minimum absolute atomic E-state index is 0.0633. The van der Waals surface area contributed by atoms with Gasteiger partial charge in [-0.1, -0.05) is 0 Å². The Bertz CT molecular complexity index is 793. The van der Waals surface area contributed by atoms with Gasteiger partial charge in [0, 0.05) is 18.8 Å². The highest BCUT2D eigenvalue weighted by Gasteiger charge is 2.30. The number of methoxy groups -OCH3 is 1. The Morgan fingerprint density at radius 2 is 2.07 bits per heavy atom. The molecule has 2 aliphatic heterocycles. The molecule has 1 aromatic carbocycles. The van der Waals surface area contributed by atoms with Crippen LogP contribution in [-0.4, -0.2) is 71.2 Å². The van der Waals surface area contributed by atoms with Crippen molar-refractivity contribution in [1.29, 1.82) is 0 Å². The highest BCUT2D eigenvalue weighted by atomic mass is 32.2. The van der Waals surface area contributed by atoms with Crippen LogP contribution >= 0.6 is 0 Å². The van der Waals surface area contributed by atoms with E-state index in [0.717, 1.165) is 19.4 Å². The van der Waals surface area contributed by atoms with E-state index in [0.29, 0.717) is 44.6 Å². The Morgan fingerprint density at radius 3 is 2.75 bits per heavy atom. The van der Waals surface area contributed by atoms with Gasteiger partial charge in [-0.15, -0.1) is 0 Å². The van der Waals surface area contributed by atoms with E-state index in [1.165, 1.54) is 28.8 Å². The Labute approximate surface area is 166 Å². The number of likely N-dealkylation sites (tertiary alicyclic amines) is 1. The summed E-state index contributed by atoms with van der Waals surface area (Å²) in [5.41, 5.74) is 0.460. The molecule has 2 fully saturated rings. The number of hydrogen-bond donors (Lipinski definition) is 2. The van der Waals surface area contributed by atoms with E-state index in [4.69, 9.17) is 9.47 Å². The maximum Gasteiger partial charge on any atom is 0.279 e. The number of benzene rings is 1. The van der Waals surface area contributed by atoms with Crippen molar-refractivity contribution in [3.8, 4) is 5.75 Å². The molecule has 1 aromatic rings. The van der Waals surface area contributed by atoms with Crippen LogP contribution < -0.4 is 15.0 Å². The first-order valence-corrected chi connectivity index (χ1v) is 11.3. The molecule has 0 spiro atoms. The van der Waals surface area contributed by atoms with Gasteiger partial charge >= 0.3 is 0 Å². The first kappa shape index (κ1) is 21.0. The van der Waals surface area contributed by atoms with Crippen LogP contribution in [0.5, 0.6) is 5.75 Å². The third-order valence-corrected chi connectivity index (χ3v) is 7.42. The lowest BCUT2D eigenvalue weighted by Gasteiger charge is -2.29. The smallest absolute Gasteiger partial charge is 0.279 e. The van der Waals surface area contributed by atoms with Crippen molar-refractivity contribution in [2.75, 3.05) is 51.8 Å². The largest absolute Gasteiger partial charge is 0.495 e. The van der Waals surface area contributed by atoms with E-state index >= 15 is 0 Å². The summed E-state index contributed by atoms with van der Waals surface area (Å²) >= 11 is 0. The van der Waals surface area contributed by atoms with Crippen LogP contribution in [0.15, 0.2) is 23.1 Å². The van der Waals surface area contributed by atoms with Crippen LogP contribution in [-0.2, 0) is 19.6 Å². The van der Waals surface area contributed by atoms with E-state index in [1.54, 1.807) is 12.1 Å². The molecule has 2 N–H and O–H groups in total. The quantitative estimate of drug-likeness (QED) is 0.692. The maximum atomic E-state index is 13.0. The van der Waals surface area contributed by atoms with Crippen molar-refractivity contribution in [2.24, 2.45) is 0 Å². The normalized spacial score (nSPS) is 23.9. The molecule has 3 rings (SSSR count). The molecule has 9 heteroatoms. The fraction of sp³-hybridized carbons (Fsp3) is 0.632. The van der Waals surface area contributed by atoms with E-state index in [-0.39, 0.29) is 16.6 Å². The van der Waals surface area contributed by atoms with Gasteiger partial charge < -0.3 is 19.7 Å². The molecule has 2 saturated heterocycles. The molecule has 8 nitrogen and oxygen atoms in total. The van der Waals surface area contributed by atoms with E-state index in [1.807, 2.05) is 0 Å². The van der Waals surface area contributed by atoms with Gasteiger partial charge in [0.25, 0.3) is 5.91 Å². The lowest BCUT2D eigenvalue weighted by molar-refractivity contribution is -0.920. The average molecular weight is 413 g/mol. The van der Waals surface area contributed by atoms with Crippen LogP contribution in [0.3, 0.4) is 0 Å². The van der Waals surface area contributed by atoms with Gasteiger partial charge in [-0.3, -0.25) is 4.79 Å². The van der Waals surface area contributed by atoms with Crippen molar-refractivity contribution < 1.29 is 27.6 Å². The van der Waals surface area contributed by atoms with Gasteiger partial charge in [-0.2, -0.15) is 4.31 Å². The van der Waals surface area contributed by atoms with Gasteiger partial charge in [0.15, 0.2) is 6.54 Å². The number of rotatable bonds is 6. The summed E-state index contributed by atoms with van der Waals surface area (Å²) in [6.45, 7) is 4.90. The average Bonchev–Trinajstić information content (AvgIpc) is 2.70. The second-order valence-corrected chi connectivity index (χ2v) is 9.32. The van der Waals surface area contributed by atoms with Gasteiger partial charge in [0.1, 0.15) is 10.6 Å². The third kappa shape index (κ3) is 4.83. The standard InChI is InChI=1S/C19H29N3O5S/c1-15-5-3-4-8-21(15)14-19(23)20-16-6-7-17(26-2)18(13-16)28(24,25)22-9-11-27-12-10-22/h6-7,13,15H,3-5,8-12,14H2,1-2H3,(H,20,23)/p+1/t15-/m0/s1. The molecule has 2 atom stereocenters. The van der Waals surface area contributed by atoms with Crippen LogP contribution in [0, 0.1) is 0 Å². The van der Waals surface area contributed by atoms with Crippen molar-refractivity contribution in [2.45, 2.75) is 37.1 Å². The number of carbonyl (C=O) groups is 1. The Morgan fingerprint density at radius 1 is 1.32 bits per heavy atom. The van der Waals surface area contributed by atoms with Crippen LogP contribution in [0.2, 0.25) is 0 Å². The van der Waals surface area contributed by atoms with Crippen molar-refractivity contribution in [1.82, 2.24) is 4.31 Å². The molecule has 0 aliphatic carbocycles. The Hall–Kier alpha value is -1.68. The highest BCUT2D eigenvalue weighted by molar-refractivity contribution is 7.89. The number of quaternary nitrogens is 1. The van der Waals surface area contributed by atoms with Crippen LogP contribution in [0.1, 0.15) is 26.2 Å². The number of piperidine rings is 1. The second kappa shape index (κ2) is 9.21. The monoisotopic (exact) mass is 412 g/mol. The van der Waals surface area contributed by atoms with Gasteiger partial charge in [-0.25, -0.2) is 8.42 Å². The van der Waals surface area contributed by atoms with Gasteiger partial charge in [0.2, 0.25) is 10.0 Å². The third-order valence-electron chi connectivity index (χ3n) is 5.50. The zero-order chi connectivity index (χ0) is 20.1. The number of sulfonamides is 1. The molecule has 2 heterocycles. The highest BCUT2D eigenvalue weighted by Crippen LogP contribution is 2.30. The number of carbonyl (C=O) groups excluding carboxylic acids is 1. The molecule has 156 valence electrons. The number of nitrogens with zero attached hydrogens (tertiary/aromatic N) is 1. The molecule has 2 aliphatic rings. The zero-order valence-corrected chi connectivity index (χ0v) is 17.4. The number of hydrogen-bond acceptors (Lipinski definition) is 5. The van der Waals surface area contributed by atoms with Crippen molar-refractivity contribution in [3.63, 3.8) is 0 Å². The van der Waals surface area contributed by atoms with Crippen molar-refractivity contribution in [3.05, 3.63) is 18.2 Å². The van der Waals surface area contributed by atoms with Crippen LogP contribution in [0.25, 0.3) is 0 Å². The number of morpholine rings is 1. The van der Waals surface area contributed by atoms with Gasteiger partial charge in [0.05, 0.1) is 32.9 Å². The van der Waals surface area contributed by atoms with Crippen LogP contribution in [0.4, 0.5) is 5.69 Å². The fourth-order valence-corrected chi connectivity index (χ4v) is 5.40. The Kier molecular flexibility index (Phi) is 6.92. The zero-order valence-electron chi connectivity index (χ0n) is 16.6. The topological polar surface area (TPSA) is 89.4 Å². The summed E-state index contributed by atoms with van der Waals surface area (Å²) < 4.78 is 38.0. The fourth-order valence-electron chi connectivity index (χ4n) is 3.81. The predicted octanol–water partition coefficient (Wildman–Crippen LogP) is 0.112. The first-order valence-electron chi connectivity index (χ1n) is 9.82. The molecule has 1 unspecified atom stereocenters. The number of nitrogens with one attached hydrogen (secondary N) is 2. The Balaban J connectivity index is 1.75. The molecule has 0 radical (unpaired) electrons. The summed E-state index contributed by atoms with van der Waals surface area (Å²) in [6, 6.07) is 5.20. The SMILES string of the molecule is COc1ccc(NC(=O)C[NH+]2CCCC[C@@H]2C)cc1S(=O)(=O)N1CCOCC1. The molecular formula is C19H30N3O5S+. The van der Waals surface area contributed by atoms with Gasteiger partial charge in [-0.05, 0) is 44.4 Å². The summed E-state index contributed by atoms with van der Waals surface area (Å²) in [6.07, 6.45) is 3.48. The minimum atomic E-state index is -3.73. The predicted molar refractivity (Wildman–Crippen MR) is 105 cm³/mol. The maximum absolute atomic E-state index is 13.0. The summed E-state index contributed by atoms with van der Waals surface area (Å²) in [5.74, 6) is 0.156. The van der Waals surface area contributed by atoms with Crippen molar-refractivity contribution >= 4 is 21.6 Å². The summed E-state index contributed by atoms with van der Waals surface area (Å²) in [7, 11) is -2.29. The molecule has 0 bridgehead atoms. The minimum Gasteiger partial charge on any atom is -0.495 e. The molecule has 28 heavy (non-hydrogen) atoms. The number of anilines is 1. The molecule has 0 saturated carbocycles. The lowest BCUT2D eigenvalue weighted by atomic mass is 10.0. The molecular weight excluding hydrogens is 382 g/mol. The molecule has 0 aromatic heterocycles. The van der Waals surface area contributed by atoms with E-state index < -0.39 is 10.0 Å². The second-order valence-electron chi connectivity index (χ2n) is 7.41. The molecule has 1 amide bonds. The lowest BCUT2D eigenvalue weighted by Crippen LogP contribution is -3.17. The van der Waals surface area contributed by atoms with E-state index in [2.05, 4.69) is 12.2 Å². The first-order chi connectivity index (χ1) is 13.4. The number of amides is 1. The summed E-state index contributed by atoms with van der Waals surface area (Å²) in [4.78, 5) is 13.8. The van der Waals surface area contributed by atoms with E-state index in [9.17, 15) is 13.2 Å². The summed E-state index contributed by atoms with van der Waals surface area (Å²) in [5, 5.41) is 2.85. The number of ether oxygens (including phenoxy) is 2.